The Bertz CT molecular complexity index is 1450. The third-order valence-electron chi connectivity index (χ3n) is 7.72. The normalized spacial score (nSPS) is 14.6. The topological polar surface area (TPSA) is 84.8 Å². The molecule has 0 unspecified atom stereocenters. The summed E-state index contributed by atoms with van der Waals surface area (Å²) < 4.78 is 13.3. The Kier molecular flexibility index (Phi) is 11.1. The molecule has 1 saturated heterocycles. The number of nitrogens with one attached hydrogen (secondary N) is 1. The maximum Gasteiger partial charge on any atom is 0.260 e. The van der Waals surface area contributed by atoms with Crippen molar-refractivity contribution in [2.75, 3.05) is 58.8 Å². The van der Waals surface area contributed by atoms with E-state index in [-0.39, 0.29) is 21.5 Å². The van der Waals surface area contributed by atoms with Crippen LogP contribution in [0.2, 0.25) is 10.0 Å². The van der Waals surface area contributed by atoms with Gasteiger partial charge in [0.15, 0.2) is 0 Å². The average molecular weight is 618 g/mol. The molecule has 0 spiro atoms. The highest BCUT2D eigenvalue weighted by Gasteiger charge is 2.26. The second kappa shape index (κ2) is 14.6. The Hall–Kier alpha value is -2.85. The highest BCUT2D eigenvalue weighted by Crippen LogP contribution is 2.45. The summed E-state index contributed by atoms with van der Waals surface area (Å²) in [6.07, 6.45) is 5.83. The molecule has 9 nitrogen and oxygen atoms in total. The van der Waals surface area contributed by atoms with Gasteiger partial charge in [-0.1, -0.05) is 50.0 Å². The lowest BCUT2D eigenvalue weighted by Crippen LogP contribution is -2.46. The zero-order valence-electron chi connectivity index (χ0n) is 25.3. The molecule has 3 heterocycles. The van der Waals surface area contributed by atoms with Gasteiger partial charge in [-0.2, -0.15) is 4.98 Å². The van der Waals surface area contributed by atoms with E-state index < -0.39 is 0 Å². The summed E-state index contributed by atoms with van der Waals surface area (Å²) in [4.78, 5) is 28.3. The average Bonchev–Trinajstić information content (AvgIpc) is 2.99. The summed E-state index contributed by atoms with van der Waals surface area (Å²) >= 11 is 13.7. The van der Waals surface area contributed by atoms with Gasteiger partial charge < -0.3 is 14.8 Å². The van der Waals surface area contributed by atoms with E-state index in [4.69, 9.17) is 32.7 Å². The first kappa shape index (κ1) is 32.1. The van der Waals surface area contributed by atoms with Gasteiger partial charge in [0.2, 0.25) is 5.95 Å². The number of likely N-dealkylation sites (tertiary alicyclic amines) is 1. The van der Waals surface area contributed by atoms with Crippen molar-refractivity contribution in [2.45, 2.75) is 46.2 Å². The highest BCUT2D eigenvalue weighted by molar-refractivity contribution is 6.41. The van der Waals surface area contributed by atoms with Crippen molar-refractivity contribution in [3.63, 3.8) is 0 Å². The van der Waals surface area contributed by atoms with Crippen LogP contribution in [0.1, 0.15) is 33.6 Å². The fraction of sp³-hybridized carbons (Fsp3) is 0.516. The minimum atomic E-state index is -0.244. The Morgan fingerprint density at radius 1 is 1.21 bits per heavy atom. The van der Waals surface area contributed by atoms with Crippen LogP contribution in [0.4, 0.5) is 5.95 Å². The summed E-state index contributed by atoms with van der Waals surface area (Å²) in [5, 5.41) is 4.19. The lowest BCUT2D eigenvalue weighted by atomic mass is 10.0. The van der Waals surface area contributed by atoms with Gasteiger partial charge in [-0.3, -0.25) is 19.2 Å². The number of anilines is 1. The Balaban J connectivity index is 1.78. The smallest absolute Gasteiger partial charge is 0.260 e. The van der Waals surface area contributed by atoms with Crippen LogP contribution in [-0.4, -0.2) is 83.9 Å². The molecule has 1 aromatic carbocycles. The third kappa shape index (κ3) is 7.02. The second-order valence-corrected chi connectivity index (χ2v) is 11.7. The van der Waals surface area contributed by atoms with Crippen LogP contribution < -0.4 is 20.3 Å². The standard InChI is InChI=1S/C31H42Cl2N6O3/c1-7-11-37-12-9-22(10-13-37)38(8-2)14-15-39-29-21(18-35-31(34-5)36-29)16-23(30(39)40)26-27(32)24(41-6)17-25(28(26)33)42-19-20(3)4/h7,16-18,20,22H,1,8-15,19H2,2-6H3,(H,34,35,36). The number of ether oxygens (including phenoxy) is 2. The maximum absolute atomic E-state index is 14.3. The van der Waals surface area contributed by atoms with E-state index in [1.165, 1.54) is 7.11 Å². The number of halogens is 2. The van der Waals surface area contributed by atoms with Crippen LogP contribution in [0, 0.1) is 5.92 Å². The number of rotatable bonds is 13. The van der Waals surface area contributed by atoms with Gasteiger partial charge in [0, 0.05) is 55.9 Å². The molecular formula is C31H42Cl2N6O3. The molecule has 0 bridgehead atoms. The fourth-order valence-corrected chi connectivity index (χ4v) is 6.16. The number of benzene rings is 1. The molecule has 228 valence electrons. The van der Waals surface area contributed by atoms with E-state index in [0.29, 0.717) is 65.3 Å². The molecule has 0 aliphatic carbocycles. The van der Waals surface area contributed by atoms with Crippen LogP contribution in [0.5, 0.6) is 11.5 Å². The predicted octanol–water partition coefficient (Wildman–Crippen LogP) is 5.82. The number of aromatic nitrogens is 3. The van der Waals surface area contributed by atoms with Crippen LogP contribution in [0.15, 0.2) is 35.8 Å². The molecule has 0 saturated carbocycles. The zero-order chi connectivity index (χ0) is 30.4. The van der Waals surface area contributed by atoms with E-state index in [1.807, 2.05) is 19.9 Å². The molecule has 1 fully saturated rings. The van der Waals surface area contributed by atoms with Crippen molar-refractivity contribution in [2.24, 2.45) is 5.92 Å². The van der Waals surface area contributed by atoms with Gasteiger partial charge in [-0.25, -0.2) is 4.98 Å². The monoisotopic (exact) mass is 616 g/mol. The van der Waals surface area contributed by atoms with Crippen molar-refractivity contribution in [3.05, 3.63) is 51.4 Å². The van der Waals surface area contributed by atoms with Gasteiger partial charge >= 0.3 is 0 Å². The molecular weight excluding hydrogens is 575 g/mol. The summed E-state index contributed by atoms with van der Waals surface area (Å²) in [6, 6.07) is 3.86. The number of hydrogen-bond donors (Lipinski definition) is 1. The SMILES string of the molecule is C=CCN1CCC(N(CC)CCn2c(=O)c(-c3c(Cl)c(OC)cc(OCC(C)C)c3Cl)cc3cnc(NC)nc32)CC1. The first-order chi connectivity index (χ1) is 20.2. The quantitative estimate of drug-likeness (QED) is 0.240. The molecule has 4 rings (SSSR count). The van der Waals surface area contributed by atoms with Crippen molar-refractivity contribution in [1.82, 2.24) is 24.3 Å². The van der Waals surface area contributed by atoms with Gasteiger partial charge in [0.05, 0.1) is 29.3 Å². The number of fused-ring (bicyclic) bond motifs is 1. The number of nitrogens with zero attached hydrogens (tertiary/aromatic N) is 5. The van der Waals surface area contributed by atoms with E-state index in [2.05, 4.69) is 38.6 Å². The largest absolute Gasteiger partial charge is 0.495 e. The molecule has 1 aliphatic rings. The number of methoxy groups -OCH3 is 1. The number of hydrogen-bond acceptors (Lipinski definition) is 8. The summed E-state index contributed by atoms with van der Waals surface area (Å²) in [5.74, 6) is 1.50. The van der Waals surface area contributed by atoms with Crippen LogP contribution in [0.3, 0.4) is 0 Å². The lowest BCUT2D eigenvalue weighted by Gasteiger charge is -2.38. The predicted molar refractivity (Wildman–Crippen MR) is 173 cm³/mol. The maximum atomic E-state index is 14.3. The molecule has 11 heteroatoms. The first-order valence-corrected chi connectivity index (χ1v) is 15.3. The number of pyridine rings is 1. The number of piperidine rings is 1. The molecule has 1 N–H and O–H groups in total. The van der Waals surface area contributed by atoms with E-state index in [0.717, 1.165) is 39.0 Å². The Labute approximate surface area is 258 Å². The van der Waals surface area contributed by atoms with Crippen molar-refractivity contribution in [1.29, 1.82) is 0 Å². The van der Waals surface area contributed by atoms with Crippen LogP contribution in [0.25, 0.3) is 22.2 Å². The molecule has 0 radical (unpaired) electrons. The molecule has 1 aliphatic heterocycles. The molecule has 2 aromatic heterocycles. The summed E-state index contributed by atoms with van der Waals surface area (Å²) in [7, 11) is 3.28. The van der Waals surface area contributed by atoms with Gasteiger partial charge in [0.25, 0.3) is 5.56 Å². The van der Waals surface area contributed by atoms with Gasteiger partial charge in [-0.15, -0.1) is 6.58 Å². The van der Waals surface area contributed by atoms with E-state index in [1.54, 1.807) is 29.9 Å². The Morgan fingerprint density at radius 2 is 1.93 bits per heavy atom. The van der Waals surface area contributed by atoms with Gasteiger partial charge in [-0.05, 0) is 44.5 Å². The fourth-order valence-electron chi connectivity index (χ4n) is 5.48. The zero-order valence-corrected chi connectivity index (χ0v) is 26.8. The number of likely N-dealkylation sites (N-methyl/N-ethyl adjacent to an activating group) is 1. The summed E-state index contributed by atoms with van der Waals surface area (Å²) in [5.41, 5.74) is 1.02. The van der Waals surface area contributed by atoms with Gasteiger partial charge in [0.1, 0.15) is 17.1 Å². The minimum absolute atomic E-state index is 0.244. The lowest BCUT2D eigenvalue weighted by molar-refractivity contribution is 0.115. The molecule has 42 heavy (non-hydrogen) atoms. The molecule has 0 amide bonds. The van der Waals surface area contributed by atoms with Crippen molar-refractivity contribution >= 4 is 40.2 Å². The Morgan fingerprint density at radius 3 is 2.55 bits per heavy atom. The molecule has 0 atom stereocenters. The minimum Gasteiger partial charge on any atom is -0.495 e. The third-order valence-corrected chi connectivity index (χ3v) is 8.47. The van der Waals surface area contributed by atoms with E-state index in [9.17, 15) is 4.79 Å². The van der Waals surface area contributed by atoms with Crippen molar-refractivity contribution in [3.8, 4) is 22.6 Å². The first-order valence-electron chi connectivity index (χ1n) is 14.6. The van der Waals surface area contributed by atoms with E-state index >= 15 is 0 Å². The van der Waals surface area contributed by atoms with Crippen LogP contribution in [-0.2, 0) is 6.54 Å². The highest BCUT2D eigenvalue weighted by atomic mass is 35.5. The van der Waals surface area contributed by atoms with Crippen molar-refractivity contribution < 1.29 is 9.47 Å². The van der Waals surface area contributed by atoms with Crippen LogP contribution >= 0.6 is 23.2 Å². The second-order valence-electron chi connectivity index (χ2n) is 11.0. The molecule has 3 aromatic rings. The summed E-state index contributed by atoms with van der Waals surface area (Å²) in [6.45, 7) is 15.6.